The second-order valence-corrected chi connectivity index (χ2v) is 5.71. The zero-order valence-electron chi connectivity index (χ0n) is 11.2. The van der Waals surface area contributed by atoms with Crippen molar-refractivity contribution in [3.8, 4) is 0 Å². The van der Waals surface area contributed by atoms with Crippen LogP contribution in [0.2, 0.25) is 5.02 Å². The average molecular weight is 296 g/mol. The highest BCUT2D eigenvalue weighted by atomic mass is 35.5. The molecule has 1 aromatic carbocycles. The minimum atomic E-state index is -0.856. The largest absolute Gasteiger partial charge is 0.481 e. The van der Waals surface area contributed by atoms with Crippen LogP contribution in [0.25, 0.3) is 0 Å². The van der Waals surface area contributed by atoms with E-state index in [4.69, 9.17) is 11.6 Å². The maximum Gasteiger partial charge on any atom is 0.310 e. The van der Waals surface area contributed by atoms with Crippen LogP contribution >= 0.6 is 11.6 Å². The van der Waals surface area contributed by atoms with Gasteiger partial charge in [-0.15, -0.1) is 0 Å². The highest BCUT2D eigenvalue weighted by Crippen LogP contribution is 2.44. The maximum atomic E-state index is 11.8. The number of halogens is 1. The van der Waals surface area contributed by atoms with E-state index < -0.39 is 11.4 Å². The third-order valence-electron chi connectivity index (χ3n) is 3.94. The first-order chi connectivity index (χ1) is 9.53. The summed E-state index contributed by atoms with van der Waals surface area (Å²) in [5, 5.41) is 12.6. The minimum Gasteiger partial charge on any atom is -0.481 e. The van der Waals surface area contributed by atoms with Crippen molar-refractivity contribution in [3.05, 3.63) is 34.9 Å². The minimum absolute atomic E-state index is 0.0743. The van der Waals surface area contributed by atoms with Gasteiger partial charge in [0.15, 0.2) is 0 Å². The van der Waals surface area contributed by atoms with Crippen molar-refractivity contribution in [2.24, 2.45) is 5.41 Å². The molecule has 1 fully saturated rings. The van der Waals surface area contributed by atoms with Gasteiger partial charge in [0, 0.05) is 18.0 Å². The molecule has 1 saturated carbocycles. The van der Waals surface area contributed by atoms with Crippen molar-refractivity contribution in [1.82, 2.24) is 5.32 Å². The van der Waals surface area contributed by atoms with Gasteiger partial charge in [-0.25, -0.2) is 0 Å². The lowest BCUT2D eigenvalue weighted by atomic mass is 9.66. The van der Waals surface area contributed by atoms with Gasteiger partial charge in [0.25, 0.3) is 0 Å². The summed E-state index contributed by atoms with van der Waals surface area (Å²) >= 11 is 6.03. The van der Waals surface area contributed by atoms with E-state index in [1.165, 1.54) is 0 Å². The predicted molar refractivity (Wildman–Crippen MR) is 76.7 cm³/mol. The Kier molecular flexibility index (Phi) is 4.65. The molecule has 0 radical (unpaired) electrons. The topological polar surface area (TPSA) is 66.4 Å². The van der Waals surface area contributed by atoms with Crippen LogP contribution in [0, 0.1) is 5.41 Å². The van der Waals surface area contributed by atoms with E-state index in [9.17, 15) is 14.7 Å². The van der Waals surface area contributed by atoms with Crippen LogP contribution in [0.4, 0.5) is 0 Å². The number of hydrogen-bond donors (Lipinski definition) is 2. The average Bonchev–Trinajstić information content (AvgIpc) is 2.36. The fourth-order valence-electron chi connectivity index (χ4n) is 2.48. The van der Waals surface area contributed by atoms with Crippen molar-refractivity contribution < 1.29 is 14.7 Å². The first-order valence-corrected chi connectivity index (χ1v) is 7.15. The van der Waals surface area contributed by atoms with Gasteiger partial charge < -0.3 is 10.4 Å². The van der Waals surface area contributed by atoms with Gasteiger partial charge in [-0.2, -0.15) is 0 Å². The first-order valence-electron chi connectivity index (χ1n) is 6.77. The molecule has 0 aromatic heterocycles. The van der Waals surface area contributed by atoms with Gasteiger partial charge in [0.2, 0.25) is 5.91 Å². The molecule has 4 nitrogen and oxygen atoms in total. The molecule has 0 saturated heterocycles. The Morgan fingerprint density at radius 3 is 2.55 bits per heavy atom. The van der Waals surface area contributed by atoms with E-state index in [1.54, 1.807) is 0 Å². The number of aliphatic carboxylic acids is 1. The van der Waals surface area contributed by atoms with Crippen molar-refractivity contribution in [2.45, 2.75) is 32.1 Å². The van der Waals surface area contributed by atoms with Crippen LogP contribution in [0.3, 0.4) is 0 Å². The summed E-state index contributed by atoms with van der Waals surface area (Å²) in [5.41, 5.74) is 0.153. The molecule has 5 heteroatoms. The molecule has 0 heterocycles. The molecule has 1 aliphatic carbocycles. The van der Waals surface area contributed by atoms with Crippen LogP contribution in [0.5, 0.6) is 0 Å². The third kappa shape index (κ3) is 3.31. The molecule has 0 spiro atoms. The number of rotatable bonds is 6. The summed E-state index contributed by atoms with van der Waals surface area (Å²) in [4.78, 5) is 23.0. The van der Waals surface area contributed by atoms with Crippen LogP contribution < -0.4 is 5.32 Å². The van der Waals surface area contributed by atoms with E-state index in [2.05, 4.69) is 5.32 Å². The molecule has 1 amide bonds. The zero-order valence-corrected chi connectivity index (χ0v) is 11.9. The summed E-state index contributed by atoms with van der Waals surface area (Å²) in [6.07, 6.45) is 2.80. The quantitative estimate of drug-likeness (QED) is 0.848. The zero-order chi connectivity index (χ0) is 14.6. The molecular weight excluding hydrogens is 278 g/mol. The molecular formula is C15H18ClNO3. The van der Waals surface area contributed by atoms with E-state index in [0.717, 1.165) is 12.0 Å². The van der Waals surface area contributed by atoms with Gasteiger partial charge in [-0.05, 0) is 30.9 Å². The summed E-state index contributed by atoms with van der Waals surface area (Å²) < 4.78 is 0. The number of benzene rings is 1. The number of carboxylic acid groups (broad SMARTS) is 1. The fraction of sp³-hybridized carbons (Fsp3) is 0.467. The van der Waals surface area contributed by atoms with Crippen LogP contribution in [0.1, 0.15) is 31.2 Å². The Hall–Kier alpha value is -1.55. The number of carboxylic acids is 1. The first kappa shape index (κ1) is 14.9. The second kappa shape index (κ2) is 6.27. The van der Waals surface area contributed by atoms with Crippen molar-refractivity contribution >= 4 is 23.5 Å². The highest BCUT2D eigenvalue weighted by Gasteiger charge is 2.45. The van der Waals surface area contributed by atoms with Gasteiger partial charge in [0.1, 0.15) is 0 Å². The van der Waals surface area contributed by atoms with E-state index in [1.807, 2.05) is 24.3 Å². The van der Waals surface area contributed by atoms with Crippen LogP contribution in [0.15, 0.2) is 24.3 Å². The third-order valence-corrected chi connectivity index (χ3v) is 4.31. The SMILES string of the molecule is O=C(CC1(C(=O)O)CCC1)NCCc1ccccc1Cl. The van der Waals surface area contributed by atoms with Crippen LogP contribution in [-0.4, -0.2) is 23.5 Å². The van der Waals surface area contributed by atoms with Gasteiger partial charge in [-0.1, -0.05) is 36.2 Å². The molecule has 0 aliphatic heterocycles. The number of hydrogen-bond acceptors (Lipinski definition) is 2. The van der Waals surface area contributed by atoms with E-state index in [0.29, 0.717) is 30.8 Å². The Labute approximate surface area is 123 Å². The molecule has 0 atom stereocenters. The molecule has 0 unspecified atom stereocenters. The van der Waals surface area contributed by atoms with E-state index >= 15 is 0 Å². The van der Waals surface area contributed by atoms with Crippen molar-refractivity contribution in [1.29, 1.82) is 0 Å². The summed E-state index contributed by atoms with van der Waals surface area (Å²) in [6.45, 7) is 0.471. The molecule has 2 N–H and O–H groups in total. The van der Waals surface area contributed by atoms with Crippen LogP contribution in [-0.2, 0) is 16.0 Å². The smallest absolute Gasteiger partial charge is 0.310 e. The highest BCUT2D eigenvalue weighted by molar-refractivity contribution is 6.31. The second-order valence-electron chi connectivity index (χ2n) is 5.31. The standard InChI is InChI=1S/C15H18ClNO3/c16-12-5-2-1-4-11(12)6-9-17-13(18)10-15(14(19)20)7-3-8-15/h1-2,4-5H,3,6-10H2,(H,17,18)(H,19,20). The lowest BCUT2D eigenvalue weighted by Gasteiger charge is -2.36. The van der Waals surface area contributed by atoms with E-state index in [-0.39, 0.29) is 12.3 Å². The van der Waals surface area contributed by atoms with Crippen molar-refractivity contribution in [2.75, 3.05) is 6.54 Å². The summed E-state index contributed by atoms with van der Waals surface area (Å²) in [5.74, 6) is -1.05. The Morgan fingerprint density at radius 1 is 1.30 bits per heavy atom. The Bertz CT molecular complexity index is 512. The summed E-state index contributed by atoms with van der Waals surface area (Å²) in [7, 11) is 0. The monoisotopic (exact) mass is 295 g/mol. The summed E-state index contributed by atoms with van der Waals surface area (Å²) in [6, 6.07) is 7.49. The maximum absolute atomic E-state index is 11.8. The fourth-order valence-corrected chi connectivity index (χ4v) is 2.71. The van der Waals surface area contributed by atoms with Gasteiger partial charge in [0.05, 0.1) is 5.41 Å². The predicted octanol–water partition coefficient (Wildman–Crippen LogP) is 2.64. The normalized spacial score (nSPS) is 16.2. The van der Waals surface area contributed by atoms with Crippen molar-refractivity contribution in [3.63, 3.8) is 0 Å². The molecule has 1 aromatic rings. The molecule has 108 valence electrons. The lowest BCUT2D eigenvalue weighted by molar-refractivity contribution is -0.157. The number of amides is 1. The molecule has 1 aliphatic rings. The molecule has 20 heavy (non-hydrogen) atoms. The number of nitrogens with one attached hydrogen (secondary N) is 1. The Balaban J connectivity index is 1.78. The van der Waals surface area contributed by atoms with Gasteiger partial charge >= 0.3 is 5.97 Å². The van der Waals surface area contributed by atoms with Gasteiger partial charge in [-0.3, -0.25) is 9.59 Å². The molecule has 2 rings (SSSR count). The lowest BCUT2D eigenvalue weighted by Crippen LogP contribution is -2.42. The number of carbonyl (C=O) groups is 2. The number of carbonyl (C=O) groups excluding carboxylic acids is 1. The Morgan fingerprint density at radius 2 is 2.00 bits per heavy atom. The molecule has 0 bridgehead atoms.